The van der Waals surface area contributed by atoms with Crippen LogP contribution in [0.15, 0.2) is 29.3 Å². The molecule has 0 amide bonds. The predicted molar refractivity (Wildman–Crippen MR) is 129 cm³/mol. The second-order valence-corrected chi connectivity index (χ2v) is 7.82. The molecule has 0 radical (unpaired) electrons. The molecule has 1 saturated heterocycles. The molecule has 1 aliphatic heterocycles. The average molecular weight is 525 g/mol. The number of nitrogens with one attached hydrogen (secondary N) is 3. The summed E-state index contributed by atoms with van der Waals surface area (Å²) in [7, 11) is 3.46. The third-order valence-corrected chi connectivity index (χ3v) is 5.93. The Balaban J connectivity index is 0.00000256. The number of aromatic amines is 1. The van der Waals surface area contributed by atoms with Gasteiger partial charge in [-0.05, 0) is 43.5 Å². The van der Waals surface area contributed by atoms with Gasteiger partial charge in [0.25, 0.3) is 0 Å². The summed E-state index contributed by atoms with van der Waals surface area (Å²) in [5, 5.41) is 14.2. The molecule has 1 aromatic carbocycles. The van der Waals surface area contributed by atoms with E-state index in [1.54, 1.807) is 7.11 Å². The highest BCUT2D eigenvalue weighted by molar-refractivity contribution is 14.0. The molecular formula is C21H32IN7O. The molecule has 164 valence electrons. The third-order valence-electron chi connectivity index (χ3n) is 5.93. The fourth-order valence-corrected chi connectivity index (χ4v) is 4.31. The van der Waals surface area contributed by atoms with Gasteiger partial charge in [0.05, 0.1) is 13.7 Å². The van der Waals surface area contributed by atoms with Gasteiger partial charge in [0.1, 0.15) is 11.6 Å². The van der Waals surface area contributed by atoms with Crippen molar-refractivity contribution in [2.45, 2.75) is 50.7 Å². The molecule has 2 aliphatic rings. The zero-order chi connectivity index (χ0) is 20.1. The Hall–Kier alpha value is -1.88. The maximum atomic E-state index is 5.20. The lowest BCUT2D eigenvalue weighted by molar-refractivity contribution is 0.242. The van der Waals surface area contributed by atoms with Crippen LogP contribution in [-0.2, 0) is 6.54 Å². The van der Waals surface area contributed by atoms with Crippen molar-refractivity contribution in [3.63, 3.8) is 0 Å². The van der Waals surface area contributed by atoms with Crippen LogP contribution < -0.4 is 15.4 Å². The largest absolute Gasteiger partial charge is 0.497 e. The minimum absolute atomic E-state index is 0. The first-order chi connectivity index (χ1) is 14.2. The van der Waals surface area contributed by atoms with E-state index in [-0.39, 0.29) is 24.0 Å². The molecule has 1 saturated carbocycles. The fourth-order valence-electron chi connectivity index (χ4n) is 4.31. The maximum absolute atomic E-state index is 5.20. The predicted octanol–water partition coefficient (Wildman–Crippen LogP) is 2.78. The molecule has 1 atom stereocenters. The van der Waals surface area contributed by atoms with Gasteiger partial charge in [-0.15, -0.1) is 24.0 Å². The number of rotatable bonds is 6. The number of nitrogens with zero attached hydrogens (tertiary/aromatic N) is 4. The Morgan fingerprint density at radius 2 is 2.00 bits per heavy atom. The summed E-state index contributed by atoms with van der Waals surface area (Å²) in [6, 6.07) is 8.97. The van der Waals surface area contributed by atoms with E-state index in [0.717, 1.165) is 35.7 Å². The number of likely N-dealkylation sites (tertiary alicyclic amines) is 1. The van der Waals surface area contributed by atoms with Crippen molar-refractivity contribution >= 4 is 29.9 Å². The van der Waals surface area contributed by atoms with Crippen molar-refractivity contribution in [1.82, 2.24) is 30.7 Å². The molecule has 0 bridgehead atoms. The highest BCUT2D eigenvalue weighted by atomic mass is 127. The average Bonchev–Trinajstić information content (AvgIpc) is 3.52. The molecule has 4 rings (SSSR count). The molecule has 2 heterocycles. The monoisotopic (exact) mass is 525 g/mol. The van der Waals surface area contributed by atoms with Gasteiger partial charge in [0, 0.05) is 37.8 Å². The SMILES string of the molecule is CN=C(NCc1nc(-c2ccc(OC)cc2)n[nH]1)NC1CCN(C2CCCC2)C1.I. The van der Waals surface area contributed by atoms with Crippen LogP contribution in [0, 0.1) is 0 Å². The zero-order valence-corrected chi connectivity index (χ0v) is 20.1. The van der Waals surface area contributed by atoms with Gasteiger partial charge < -0.3 is 15.4 Å². The van der Waals surface area contributed by atoms with E-state index >= 15 is 0 Å². The van der Waals surface area contributed by atoms with Crippen LogP contribution in [0.25, 0.3) is 11.4 Å². The summed E-state index contributed by atoms with van der Waals surface area (Å²) < 4.78 is 5.20. The summed E-state index contributed by atoms with van der Waals surface area (Å²) in [6.07, 6.45) is 6.67. The number of hydrogen-bond donors (Lipinski definition) is 3. The van der Waals surface area contributed by atoms with Crippen molar-refractivity contribution < 1.29 is 4.74 Å². The number of hydrogen-bond acceptors (Lipinski definition) is 5. The van der Waals surface area contributed by atoms with E-state index in [1.165, 1.54) is 38.6 Å². The van der Waals surface area contributed by atoms with E-state index in [4.69, 9.17) is 4.74 Å². The van der Waals surface area contributed by atoms with Crippen LogP contribution in [0.4, 0.5) is 0 Å². The van der Waals surface area contributed by atoms with Gasteiger partial charge in [-0.1, -0.05) is 12.8 Å². The van der Waals surface area contributed by atoms with Crippen molar-refractivity contribution in [2.75, 3.05) is 27.2 Å². The number of aromatic nitrogens is 3. The molecule has 30 heavy (non-hydrogen) atoms. The second kappa shape index (κ2) is 10.9. The molecule has 1 aromatic heterocycles. The Kier molecular flexibility index (Phi) is 8.32. The van der Waals surface area contributed by atoms with E-state index in [0.29, 0.717) is 18.4 Å². The van der Waals surface area contributed by atoms with Crippen LogP contribution in [0.3, 0.4) is 0 Å². The third kappa shape index (κ3) is 5.63. The molecular weight excluding hydrogens is 493 g/mol. The number of H-pyrrole nitrogens is 1. The van der Waals surface area contributed by atoms with Crippen molar-refractivity contribution in [2.24, 2.45) is 4.99 Å². The molecule has 1 aliphatic carbocycles. The first-order valence-corrected chi connectivity index (χ1v) is 10.5. The number of aliphatic imine (C=N–C) groups is 1. The molecule has 0 spiro atoms. The number of guanidine groups is 1. The molecule has 1 unspecified atom stereocenters. The van der Waals surface area contributed by atoms with Crippen LogP contribution in [0.2, 0.25) is 0 Å². The van der Waals surface area contributed by atoms with Crippen molar-refractivity contribution in [1.29, 1.82) is 0 Å². The Labute approximate surface area is 195 Å². The number of halogens is 1. The van der Waals surface area contributed by atoms with E-state index in [1.807, 2.05) is 31.3 Å². The van der Waals surface area contributed by atoms with Gasteiger partial charge >= 0.3 is 0 Å². The Morgan fingerprint density at radius 1 is 1.23 bits per heavy atom. The highest BCUT2D eigenvalue weighted by Crippen LogP contribution is 2.26. The fraction of sp³-hybridized carbons (Fsp3) is 0.571. The van der Waals surface area contributed by atoms with Crippen LogP contribution in [0.5, 0.6) is 5.75 Å². The lowest BCUT2D eigenvalue weighted by Gasteiger charge is -2.24. The smallest absolute Gasteiger partial charge is 0.191 e. The first-order valence-electron chi connectivity index (χ1n) is 10.5. The zero-order valence-electron chi connectivity index (χ0n) is 17.7. The van der Waals surface area contributed by atoms with Crippen molar-refractivity contribution in [3.8, 4) is 17.1 Å². The lowest BCUT2D eigenvalue weighted by Crippen LogP contribution is -2.45. The molecule has 2 fully saturated rings. The summed E-state index contributed by atoms with van der Waals surface area (Å²) in [5.74, 6) is 3.08. The lowest BCUT2D eigenvalue weighted by atomic mass is 10.2. The van der Waals surface area contributed by atoms with Gasteiger partial charge in [-0.25, -0.2) is 4.98 Å². The summed E-state index contributed by atoms with van der Waals surface area (Å²) >= 11 is 0. The number of benzene rings is 1. The molecule has 3 N–H and O–H groups in total. The molecule has 8 nitrogen and oxygen atoms in total. The molecule has 2 aromatic rings. The van der Waals surface area contributed by atoms with Crippen molar-refractivity contribution in [3.05, 3.63) is 30.1 Å². The summed E-state index contributed by atoms with van der Waals surface area (Å²) in [4.78, 5) is 11.6. The second-order valence-electron chi connectivity index (χ2n) is 7.82. The number of ether oxygens (including phenoxy) is 1. The maximum Gasteiger partial charge on any atom is 0.191 e. The van der Waals surface area contributed by atoms with Gasteiger partial charge in [-0.2, -0.15) is 5.10 Å². The topological polar surface area (TPSA) is 90.5 Å². The van der Waals surface area contributed by atoms with Gasteiger partial charge in [-0.3, -0.25) is 15.0 Å². The summed E-state index contributed by atoms with van der Waals surface area (Å²) in [5.41, 5.74) is 0.953. The molecule has 9 heteroatoms. The highest BCUT2D eigenvalue weighted by Gasteiger charge is 2.30. The Morgan fingerprint density at radius 3 is 2.70 bits per heavy atom. The van der Waals surface area contributed by atoms with Crippen LogP contribution in [-0.4, -0.2) is 65.4 Å². The van der Waals surface area contributed by atoms with Gasteiger partial charge in [0.2, 0.25) is 0 Å². The van der Waals surface area contributed by atoms with E-state index in [2.05, 4.69) is 35.7 Å². The van der Waals surface area contributed by atoms with Crippen LogP contribution in [0.1, 0.15) is 37.9 Å². The minimum Gasteiger partial charge on any atom is -0.497 e. The van der Waals surface area contributed by atoms with E-state index < -0.39 is 0 Å². The minimum atomic E-state index is 0. The van der Waals surface area contributed by atoms with Crippen LogP contribution >= 0.6 is 24.0 Å². The number of methoxy groups -OCH3 is 1. The van der Waals surface area contributed by atoms with Gasteiger partial charge in [0.15, 0.2) is 11.8 Å². The summed E-state index contributed by atoms with van der Waals surface area (Å²) in [6.45, 7) is 2.84. The van der Waals surface area contributed by atoms with E-state index in [9.17, 15) is 0 Å². The Bertz CT molecular complexity index is 817. The first kappa shape index (κ1) is 22.8. The normalized spacial score (nSPS) is 20.2. The quantitative estimate of drug-likeness (QED) is 0.306. The standard InChI is InChI=1S/C21H31N7O.HI/c1-22-21(24-16-11-12-28(14-16)17-5-3-4-6-17)23-13-19-25-20(27-26-19)15-7-9-18(29-2)10-8-15;/h7-10,16-17H,3-6,11-14H2,1-2H3,(H2,22,23,24)(H,25,26,27);1H.